The number of benzene rings is 2. The zero-order valence-electron chi connectivity index (χ0n) is 17.5. The smallest absolute Gasteiger partial charge is 0.278 e. The van der Waals surface area contributed by atoms with Crippen molar-refractivity contribution in [3.05, 3.63) is 65.9 Å². The highest BCUT2D eigenvalue weighted by Crippen LogP contribution is 2.31. The third kappa shape index (κ3) is 5.07. The van der Waals surface area contributed by atoms with E-state index in [1.807, 2.05) is 48.5 Å². The summed E-state index contributed by atoms with van der Waals surface area (Å²) >= 11 is 0. The predicted octanol–water partition coefficient (Wildman–Crippen LogP) is 4.09. The topological polar surface area (TPSA) is 67.9 Å². The molecule has 1 N–H and O–H groups in total. The number of ether oxygens (including phenoxy) is 2. The van der Waals surface area contributed by atoms with Crippen LogP contribution in [0.15, 0.2) is 60.3 Å². The summed E-state index contributed by atoms with van der Waals surface area (Å²) in [5.74, 6) is 0.0557. The first-order valence-electron chi connectivity index (χ1n) is 10.3. The number of carbonyl (C=O) groups is 2. The summed E-state index contributed by atoms with van der Waals surface area (Å²) in [4.78, 5) is 27.6. The Morgan fingerprint density at radius 1 is 0.933 bits per heavy atom. The summed E-state index contributed by atoms with van der Waals surface area (Å²) < 4.78 is 10.8. The first-order valence-corrected chi connectivity index (χ1v) is 10.3. The van der Waals surface area contributed by atoms with Crippen LogP contribution in [0.1, 0.15) is 31.7 Å². The van der Waals surface area contributed by atoms with Gasteiger partial charge in [0.1, 0.15) is 11.4 Å². The zero-order valence-corrected chi connectivity index (χ0v) is 17.5. The Hall–Kier alpha value is -3.12. The molecular weight excluding hydrogens is 380 g/mol. The molecule has 0 aliphatic carbocycles. The minimum atomic E-state index is -0.324. The number of methoxy groups -OCH3 is 1. The number of nitrogens with zero attached hydrogens (tertiary/aromatic N) is 1. The predicted molar refractivity (Wildman–Crippen MR) is 117 cm³/mol. The molecule has 2 aromatic carbocycles. The number of nitrogens with one attached hydrogen (secondary N) is 1. The fraction of sp³-hybridized carbons (Fsp3) is 0.333. The van der Waals surface area contributed by atoms with Crippen molar-refractivity contribution in [2.75, 3.05) is 32.2 Å². The third-order valence-corrected chi connectivity index (χ3v) is 4.88. The van der Waals surface area contributed by atoms with E-state index >= 15 is 0 Å². The molecule has 3 rings (SSSR count). The molecule has 6 heteroatoms. The summed E-state index contributed by atoms with van der Waals surface area (Å²) in [7, 11) is 1.59. The van der Waals surface area contributed by atoms with Crippen molar-refractivity contribution in [3.63, 3.8) is 0 Å². The summed E-state index contributed by atoms with van der Waals surface area (Å²) in [6.45, 7) is 3.66. The lowest BCUT2D eigenvalue weighted by Crippen LogP contribution is -2.34. The zero-order chi connectivity index (χ0) is 21.3. The molecule has 2 aromatic rings. The van der Waals surface area contributed by atoms with E-state index in [1.165, 1.54) is 4.90 Å². The second-order valence-corrected chi connectivity index (χ2v) is 7.05. The van der Waals surface area contributed by atoms with Gasteiger partial charge in [-0.1, -0.05) is 49.7 Å². The molecule has 0 unspecified atom stereocenters. The maximum Gasteiger partial charge on any atom is 0.278 e. The van der Waals surface area contributed by atoms with Gasteiger partial charge in [0.15, 0.2) is 0 Å². The molecule has 1 aliphatic rings. The molecule has 0 atom stereocenters. The maximum absolute atomic E-state index is 13.1. The van der Waals surface area contributed by atoms with Gasteiger partial charge in [0, 0.05) is 31.5 Å². The standard InChI is InChI=1S/C24H28N2O4/c1-3-4-15-30-16-9-14-26-23(27)21(18-10-6-5-7-11-18)22(24(26)28)25-19-12-8-13-20(17-19)29-2/h5-8,10-13,17,25H,3-4,9,14-16H2,1-2H3. The van der Waals surface area contributed by atoms with E-state index in [1.54, 1.807) is 13.2 Å². The summed E-state index contributed by atoms with van der Waals surface area (Å²) in [5, 5.41) is 3.15. The SMILES string of the molecule is CCCCOCCCN1C(=O)C(Nc2cccc(OC)c2)=C(c2ccccc2)C1=O. The number of carbonyl (C=O) groups excluding carboxylic acids is 2. The van der Waals surface area contributed by atoms with Crippen molar-refractivity contribution in [2.24, 2.45) is 0 Å². The third-order valence-electron chi connectivity index (χ3n) is 4.88. The van der Waals surface area contributed by atoms with Crippen LogP contribution in [0.4, 0.5) is 5.69 Å². The Morgan fingerprint density at radius 3 is 2.43 bits per heavy atom. The van der Waals surface area contributed by atoms with Crippen molar-refractivity contribution in [1.82, 2.24) is 4.90 Å². The van der Waals surface area contributed by atoms with Crippen LogP contribution in [-0.2, 0) is 14.3 Å². The van der Waals surface area contributed by atoms with Gasteiger partial charge in [0.25, 0.3) is 11.8 Å². The quantitative estimate of drug-likeness (QED) is 0.448. The average Bonchev–Trinajstić information content (AvgIpc) is 3.00. The van der Waals surface area contributed by atoms with Crippen molar-refractivity contribution in [1.29, 1.82) is 0 Å². The molecule has 0 radical (unpaired) electrons. The Kier molecular flexibility index (Phi) is 7.63. The first-order chi connectivity index (χ1) is 14.7. The van der Waals surface area contributed by atoms with Crippen LogP contribution in [0.5, 0.6) is 5.75 Å². The number of hydrogen-bond donors (Lipinski definition) is 1. The van der Waals surface area contributed by atoms with E-state index in [9.17, 15) is 9.59 Å². The number of unbranched alkanes of at least 4 members (excludes halogenated alkanes) is 1. The van der Waals surface area contributed by atoms with E-state index in [2.05, 4.69) is 12.2 Å². The minimum absolute atomic E-state index is 0.284. The van der Waals surface area contributed by atoms with Crippen LogP contribution in [0.3, 0.4) is 0 Å². The highest BCUT2D eigenvalue weighted by Gasteiger charge is 2.38. The summed E-state index contributed by atoms with van der Waals surface area (Å²) in [6.07, 6.45) is 2.69. The van der Waals surface area contributed by atoms with Crippen LogP contribution in [0, 0.1) is 0 Å². The Bertz CT molecular complexity index is 908. The lowest BCUT2D eigenvalue weighted by Gasteiger charge is -2.15. The van der Waals surface area contributed by atoms with E-state index in [-0.39, 0.29) is 17.5 Å². The van der Waals surface area contributed by atoms with Gasteiger partial charge in [-0.05, 0) is 30.5 Å². The van der Waals surface area contributed by atoms with Crippen LogP contribution >= 0.6 is 0 Å². The van der Waals surface area contributed by atoms with E-state index < -0.39 is 0 Å². The molecule has 0 bridgehead atoms. The van der Waals surface area contributed by atoms with E-state index in [0.29, 0.717) is 48.8 Å². The second kappa shape index (κ2) is 10.6. The van der Waals surface area contributed by atoms with E-state index in [0.717, 1.165) is 12.8 Å². The number of amides is 2. The van der Waals surface area contributed by atoms with Gasteiger partial charge in [-0.25, -0.2) is 0 Å². The van der Waals surface area contributed by atoms with Crippen LogP contribution in [0.2, 0.25) is 0 Å². The van der Waals surface area contributed by atoms with Crippen LogP contribution in [0.25, 0.3) is 5.57 Å². The van der Waals surface area contributed by atoms with Gasteiger partial charge in [-0.15, -0.1) is 0 Å². The molecule has 0 aromatic heterocycles. The Balaban J connectivity index is 1.80. The fourth-order valence-electron chi connectivity index (χ4n) is 3.29. The Morgan fingerprint density at radius 2 is 1.70 bits per heavy atom. The normalized spacial score (nSPS) is 13.9. The van der Waals surface area contributed by atoms with Gasteiger partial charge in [-0.3, -0.25) is 14.5 Å². The first kappa shape index (κ1) is 21.6. The van der Waals surface area contributed by atoms with Crippen LogP contribution < -0.4 is 10.1 Å². The molecule has 0 saturated heterocycles. The molecule has 0 fully saturated rings. The largest absolute Gasteiger partial charge is 0.497 e. The molecule has 0 saturated carbocycles. The van der Waals surface area contributed by atoms with Gasteiger partial charge in [0.2, 0.25) is 0 Å². The minimum Gasteiger partial charge on any atom is -0.497 e. The molecule has 0 spiro atoms. The van der Waals surface area contributed by atoms with Crippen molar-refractivity contribution in [2.45, 2.75) is 26.2 Å². The van der Waals surface area contributed by atoms with Gasteiger partial charge >= 0.3 is 0 Å². The van der Waals surface area contributed by atoms with Crippen molar-refractivity contribution >= 4 is 23.1 Å². The van der Waals surface area contributed by atoms with Gasteiger partial charge < -0.3 is 14.8 Å². The highest BCUT2D eigenvalue weighted by atomic mass is 16.5. The van der Waals surface area contributed by atoms with E-state index in [4.69, 9.17) is 9.47 Å². The van der Waals surface area contributed by atoms with Crippen molar-refractivity contribution in [3.8, 4) is 5.75 Å². The monoisotopic (exact) mass is 408 g/mol. The second-order valence-electron chi connectivity index (χ2n) is 7.05. The molecule has 1 heterocycles. The molecule has 6 nitrogen and oxygen atoms in total. The number of hydrogen-bond acceptors (Lipinski definition) is 5. The molecule has 158 valence electrons. The van der Waals surface area contributed by atoms with Crippen molar-refractivity contribution < 1.29 is 19.1 Å². The molecule has 30 heavy (non-hydrogen) atoms. The average molecular weight is 408 g/mol. The number of anilines is 1. The fourth-order valence-corrected chi connectivity index (χ4v) is 3.29. The maximum atomic E-state index is 13.1. The summed E-state index contributed by atoms with van der Waals surface area (Å²) in [5.41, 5.74) is 2.06. The number of imide groups is 1. The lowest BCUT2D eigenvalue weighted by molar-refractivity contribution is -0.137. The van der Waals surface area contributed by atoms with Gasteiger partial charge in [0.05, 0.1) is 12.7 Å². The Labute approximate surface area is 177 Å². The molecular formula is C24H28N2O4. The highest BCUT2D eigenvalue weighted by molar-refractivity contribution is 6.36. The van der Waals surface area contributed by atoms with Gasteiger partial charge in [-0.2, -0.15) is 0 Å². The molecule has 2 amide bonds. The molecule has 1 aliphatic heterocycles. The number of rotatable bonds is 11. The summed E-state index contributed by atoms with van der Waals surface area (Å²) in [6, 6.07) is 16.5. The van der Waals surface area contributed by atoms with Crippen LogP contribution in [-0.4, -0.2) is 43.6 Å². The lowest BCUT2D eigenvalue weighted by atomic mass is 10.0.